The van der Waals surface area contributed by atoms with E-state index < -0.39 is 0 Å². The van der Waals surface area contributed by atoms with Crippen LogP contribution in [0.5, 0.6) is 0 Å². The standard InChI is InChI=1S/C10H16O2/c1-3-9-5-10(6-11,7-12)4-8(9)2/h3,9,11-12H,1-2,4-7H2. The van der Waals surface area contributed by atoms with Gasteiger partial charge in [-0.25, -0.2) is 0 Å². The lowest BCUT2D eigenvalue weighted by Gasteiger charge is -2.22. The summed E-state index contributed by atoms with van der Waals surface area (Å²) in [6.45, 7) is 7.68. The Balaban J connectivity index is 2.74. The van der Waals surface area contributed by atoms with Crippen molar-refractivity contribution in [1.82, 2.24) is 0 Å². The molecule has 0 heterocycles. The normalized spacial score (nSPS) is 27.5. The Kier molecular flexibility index (Phi) is 2.70. The third-order valence-electron chi connectivity index (χ3n) is 2.73. The second kappa shape index (κ2) is 3.42. The Labute approximate surface area is 73.2 Å². The highest BCUT2D eigenvalue weighted by Gasteiger charge is 2.39. The molecule has 0 spiro atoms. The molecule has 2 heteroatoms. The van der Waals surface area contributed by atoms with Crippen molar-refractivity contribution >= 4 is 0 Å². The summed E-state index contributed by atoms with van der Waals surface area (Å²) in [6, 6.07) is 0. The Bertz CT molecular complexity index is 192. The van der Waals surface area contributed by atoms with E-state index in [1.54, 1.807) is 0 Å². The zero-order chi connectivity index (χ0) is 9.19. The molecule has 0 aromatic rings. The van der Waals surface area contributed by atoms with E-state index in [4.69, 9.17) is 10.2 Å². The maximum absolute atomic E-state index is 9.11. The smallest absolute Gasteiger partial charge is 0.0512 e. The third-order valence-corrected chi connectivity index (χ3v) is 2.73. The van der Waals surface area contributed by atoms with Crippen LogP contribution in [0.3, 0.4) is 0 Å². The highest BCUT2D eigenvalue weighted by molar-refractivity contribution is 5.18. The van der Waals surface area contributed by atoms with Crippen molar-refractivity contribution in [3.05, 3.63) is 24.8 Å². The van der Waals surface area contributed by atoms with Gasteiger partial charge in [-0.3, -0.25) is 0 Å². The van der Waals surface area contributed by atoms with E-state index in [0.717, 1.165) is 18.4 Å². The van der Waals surface area contributed by atoms with Gasteiger partial charge in [-0.1, -0.05) is 18.2 Å². The van der Waals surface area contributed by atoms with E-state index in [-0.39, 0.29) is 24.5 Å². The summed E-state index contributed by atoms with van der Waals surface area (Å²) >= 11 is 0. The van der Waals surface area contributed by atoms with Crippen molar-refractivity contribution in [3.8, 4) is 0 Å². The Morgan fingerprint density at radius 3 is 2.33 bits per heavy atom. The molecule has 0 aromatic carbocycles. The number of rotatable bonds is 3. The molecule has 68 valence electrons. The van der Waals surface area contributed by atoms with Gasteiger partial charge in [-0.15, -0.1) is 6.58 Å². The molecule has 1 unspecified atom stereocenters. The number of aliphatic hydroxyl groups is 2. The van der Waals surface area contributed by atoms with Gasteiger partial charge in [0.05, 0.1) is 13.2 Å². The Morgan fingerprint density at radius 1 is 1.50 bits per heavy atom. The van der Waals surface area contributed by atoms with Crippen molar-refractivity contribution in [3.63, 3.8) is 0 Å². The average Bonchev–Trinajstić information content (AvgIpc) is 2.43. The van der Waals surface area contributed by atoms with Crippen LogP contribution in [0.25, 0.3) is 0 Å². The van der Waals surface area contributed by atoms with E-state index in [2.05, 4.69) is 13.2 Å². The highest BCUT2D eigenvalue weighted by Crippen LogP contribution is 2.44. The Hall–Kier alpha value is -0.600. The van der Waals surface area contributed by atoms with Crippen LogP contribution in [0.1, 0.15) is 12.8 Å². The summed E-state index contributed by atoms with van der Waals surface area (Å²) in [5.74, 6) is 0.268. The summed E-state index contributed by atoms with van der Waals surface area (Å²) in [5.41, 5.74) is 0.740. The second-order valence-electron chi connectivity index (χ2n) is 3.70. The van der Waals surface area contributed by atoms with Crippen LogP contribution in [-0.2, 0) is 0 Å². The molecule has 1 fully saturated rings. The number of allylic oxidation sites excluding steroid dienone is 2. The molecule has 1 aliphatic carbocycles. The van der Waals surface area contributed by atoms with Crippen molar-refractivity contribution < 1.29 is 10.2 Å². The first kappa shape index (κ1) is 9.49. The van der Waals surface area contributed by atoms with Gasteiger partial charge >= 0.3 is 0 Å². The molecular formula is C10H16O2. The maximum atomic E-state index is 9.11. The van der Waals surface area contributed by atoms with Gasteiger partial charge in [-0.05, 0) is 18.8 Å². The van der Waals surface area contributed by atoms with Gasteiger partial charge in [0.1, 0.15) is 0 Å². The summed E-state index contributed by atoms with van der Waals surface area (Å²) in [7, 11) is 0. The van der Waals surface area contributed by atoms with E-state index in [1.165, 1.54) is 0 Å². The fourth-order valence-electron chi connectivity index (χ4n) is 1.84. The molecule has 0 radical (unpaired) electrons. The van der Waals surface area contributed by atoms with E-state index in [0.29, 0.717) is 0 Å². The zero-order valence-corrected chi connectivity index (χ0v) is 7.29. The van der Waals surface area contributed by atoms with Crippen LogP contribution in [0.4, 0.5) is 0 Å². The number of aliphatic hydroxyl groups excluding tert-OH is 2. The van der Waals surface area contributed by atoms with E-state index in [1.807, 2.05) is 6.08 Å². The first-order valence-electron chi connectivity index (χ1n) is 4.19. The minimum Gasteiger partial charge on any atom is -0.396 e. The van der Waals surface area contributed by atoms with Crippen molar-refractivity contribution in [1.29, 1.82) is 0 Å². The largest absolute Gasteiger partial charge is 0.396 e. The van der Waals surface area contributed by atoms with Gasteiger partial charge in [0.15, 0.2) is 0 Å². The summed E-state index contributed by atoms with van der Waals surface area (Å²) in [5, 5.41) is 18.2. The molecule has 1 rings (SSSR count). The number of hydrogen-bond donors (Lipinski definition) is 2. The van der Waals surface area contributed by atoms with Gasteiger partial charge in [-0.2, -0.15) is 0 Å². The lowest BCUT2D eigenvalue weighted by molar-refractivity contribution is 0.0601. The fourth-order valence-corrected chi connectivity index (χ4v) is 1.84. The zero-order valence-electron chi connectivity index (χ0n) is 7.29. The lowest BCUT2D eigenvalue weighted by Crippen LogP contribution is -2.26. The predicted molar refractivity (Wildman–Crippen MR) is 48.7 cm³/mol. The minimum absolute atomic E-state index is 0.0346. The van der Waals surface area contributed by atoms with Crippen LogP contribution in [0.15, 0.2) is 24.8 Å². The fraction of sp³-hybridized carbons (Fsp3) is 0.600. The van der Waals surface area contributed by atoms with Crippen molar-refractivity contribution in [2.75, 3.05) is 13.2 Å². The van der Waals surface area contributed by atoms with Crippen LogP contribution in [-0.4, -0.2) is 23.4 Å². The first-order valence-corrected chi connectivity index (χ1v) is 4.19. The molecule has 2 nitrogen and oxygen atoms in total. The molecule has 0 aromatic heterocycles. The molecule has 2 N–H and O–H groups in total. The van der Waals surface area contributed by atoms with Crippen molar-refractivity contribution in [2.45, 2.75) is 12.8 Å². The summed E-state index contributed by atoms with van der Waals surface area (Å²) < 4.78 is 0. The van der Waals surface area contributed by atoms with Crippen molar-refractivity contribution in [2.24, 2.45) is 11.3 Å². The molecule has 1 aliphatic rings. The van der Waals surface area contributed by atoms with E-state index in [9.17, 15) is 0 Å². The van der Waals surface area contributed by atoms with Gasteiger partial charge in [0, 0.05) is 5.41 Å². The molecule has 0 amide bonds. The van der Waals surface area contributed by atoms with Crippen LogP contribution in [0, 0.1) is 11.3 Å². The molecule has 0 aliphatic heterocycles. The Morgan fingerprint density at radius 2 is 2.08 bits per heavy atom. The summed E-state index contributed by atoms with van der Waals surface area (Å²) in [4.78, 5) is 0. The van der Waals surface area contributed by atoms with Gasteiger partial charge < -0.3 is 10.2 Å². The molecule has 1 atom stereocenters. The lowest BCUT2D eigenvalue weighted by atomic mass is 9.87. The van der Waals surface area contributed by atoms with Crippen LogP contribution in [0.2, 0.25) is 0 Å². The minimum atomic E-state index is -0.337. The third kappa shape index (κ3) is 1.45. The molecule has 12 heavy (non-hydrogen) atoms. The predicted octanol–water partition coefficient (Wildman–Crippen LogP) is 1.11. The molecule has 0 bridgehead atoms. The maximum Gasteiger partial charge on any atom is 0.0512 e. The van der Waals surface area contributed by atoms with Gasteiger partial charge in [0.2, 0.25) is 0 Å². The summed E-state index contributed by atoms with van der Waals surface area (Å²) in [6.07, 6.45) is 3.34. The monoisotopic (exact) mass is 168 g/mol. The first-order chi connectivity index (χ1) is 5.67. The molecule has 0 saturated heterocycles. The van der Waals surface area contributed by atoms with Crippen LogP contribution < -0.4 is 0 Å². The highest BCUT2D eigenvalue weighted by atomic mass is 16.3. The number of hydrogen-bond acceptors (Lipinski definition) is 2. The average molecular weight is 168 g/mol. The molecular weight excluding hydrogens is 152 g/mol. The quantitative estimate of drug-likeness (QED) is 0.620. The van der Waals surface area contributed by atoms with E-state index >= 15 is 0 Å². The topological polar surface area (TPSA) is 40.5 Å². The SMILES string of the molecule is C=CC1CC(CO)(CO)CC1=C. The van der Waals surface area contributed by atoms with Crippen LogP contribution >= 0.6 is 0 Å². The second-order valence-corrected chi connectivity index (χ2v) is 3.70. The van der Waals surface area contributed by atoms with Gasteiger partial charge in [0.25, 0.3) is 0 Å². The molecule has 1 saturated carbocycles.